The second kappa shape index (κ2) is 42.2. The third kappa shape index (κ3) is 22.1. The lowest BCUT2D eigenvalue weighted by atomic mass is 9.68. The molecule has 23 nitrogen and oxygen atoms in total. The summed E-state index contributed by atoms with van der Waals surface area (Å²) in [6, 6.07) is 36.4. The van der Waals surface area contributed by atoms with Crippen LogP contribution in [0.4, 0.5) is 0 Å². The van der Waals surface area contributed by atoms with Gasteiger partial charge in [0.15, 0.2) is 0 Å². The average Bonchev–Trinajstić information content (AvgIpc) is 0.927. The van der Waals surface area contributed by atoms with E-state index in [9.17, 15) is 38.7 Å². The van der Waals surface area contributed by atoms with Crippen LogP contribution in [0.15, 0.2) is 194 Å². The van der Waals surface area contributed by atoms with Crippen molar-refractivity contribution in [3.63, 3.8) is 0 Å². The fraction of sp³-hybridized carbons (Fsp3) is 0.486. The van der Waals surface area contributed by atoms with Crippen LogP contribution in [-0.4, -0.2) is 180 Å². The number of nitrogens with one attached hydrogen (secondary N) is 5. The number of piperidine rings is 5. The van der Waals surface area contributed by atoms with Crippen LogP contribution >= 0.6 is 58.0 Å². The van der Waals surface area contributed by atoms with E-state index in [2.05, 4.69) is 155 Å². The Morgan fingerprint density at radius 1 is 0.381 bits per heavy atom. The summed E-state index contributed by atoms with van der Waals surface area (Å²) in [5, 5.41) is 99.4. The number of hydrogen-bond acceptors (Lipinski definition) is 16. The molecule has 29 heteroatoms. The molecule has 12 aromatic rings. The highest BCUT2D eigenvalue weighted by molar-refractivity contribution is 7.89. The van der Waals surface area contributed by atoms with Gasteiger partial charge in [-0.15, -0.1) is 0 Å². The number of aromatic nitrogens is 10. The molecule has 5 aromatic heterocycles. The molecule has 7 aromatic carbocycles. The fourth-order valence-electron chi connectivity index (χ4n) is 21.4. The summed E-state index contributed by atoms with van der Waals surface area (Å²) in [6.07, 6.45) is 18.5. The second-order valence-corrected chi connectivity index (χ2v) is 45.0. The smallest absolute Gasteiger partial charge is 0.253 e. The van der Waals surface area contributed by atoms with E-state index in [-0.39, 0.29) is 39.4 Å². The first-order valence-corrected chi connectivity index (χ1v) is 50.6. The van der Waals surface area contributed by atoms with Gasteiger partial charge in [-0.25, -0.2) is 8.42 Å². The minimum Gasteiger partial charge on any atom is -0.388 e. The molecule has 0 radical (unpaired) electrons. The Balaban J connectivity index is 0.000000135. The van der Waals surface area contributed by atoms with Crippen LogP contribution in [-0.2, 0) is 10.0 Å². The normalized spacial score (nSPS) is 18.3. The van der Waals surface area contributed by atoms with Gasteiger partial charge in [0, 0.05) is 168 Å². The van der Waals surface area contributed by atoms with Gasteiger partial charge in [-0.1, -0.05) is 190 Å². The number of aromatic amines is 5. The van der Waals surface area contributed by atoms with Crippen LogP contribution in [0.5, 0.6) is 0 Å². The van der Waals surface area contributed by atoms with Gasteiger partial charge >= 0.3 is 0 Å². The van der Waals surface area contributed by atoms with Crippen molar-refractivity contribution in [2.45, 2.75) is 202 Å². The highest BCUT2D eigenvalue weighted by Gasteiger charge is 2.47. The Labute approximate surface area is 813 Å². The van der Waals surface area contributed by atoms with Crippen molar-refractivity contribution in [2.75, 3.05) is 65.4 Å². The summed E-state index contributed by atoms with van der Waals surface area (Å²) in [5.41, 5.74) is 11.1. The van der Waals surface area contributed by atoms with Crippen molar-refractivity contribution in [1.29, 1.82) is 0 Å². The molecule has 10 N–H and O–H groups in total. The number of hydrogen-bond donors (Lipinski definition) is 10. The quantitative estimate of drug-likeness (QED) is 0.0285. The number of sulfonamides is 1. The van der Waals surface area contributed by atoms with E-state index in [1.807, 2.05) is 110 Å². The highest BCUT2D eigenvalue weighted by atomic mass is 35.5. The molecule has 0 spiro atoms. The molecule has 5 unspecified atom stereocenters. The molecule has 1 saturated carbocycles. The maximum absolute atomic E-state index is 12.9. The number of aliphatic hydroxyl groups is 5. The largest absolute Gasteiger partial charge is 0.388 e. The zero-order chi connectivity index (χ0) is 96.3. The van der Waals surface area contributed by atoms with Crippen LogP contribution in [0.3, 0.4) is 0 Å². The van der Waals surface area contributed by atoms with E-state index < -0.39 is 46.0 Å². The second-order valence-electron chi connectivity index (χ2n) is 40.9. The van der Waals surface area contributed by atoms with Gasteiger partial charge in [0.05, 0.1) is 94.0 Å². The predicted octanol–water partition coefficient (Wildman–Crippen LogP) is 23.5. The molecule has 718 valence electrons. The van der Waals surface area contributed by atoms with Crippen LogP contribution in [0.1, 0.15) is 235 Å². The SMILES string of the molecule is C=C(C)N1CCC(C(C)(C)C(O)c2cc(Cl)cc3cn[nH]c23)CC1.C=C(C1CC1)N1CCC(C(C)(C)C(O)c2cc(Cl)cc3cn[nH]c23)CC1.C=C(CC)N1CCC(C(C)(C)C(O)c2cc(Cl)cc3cn[nH]c23)CC1.CC(C)(C1CCN(C(=O)c2ccccc2)CC1)C(O)c1cc(Cl)cc2cn[nH]c12.CC(C)(C1CCN(S(=O)(=O)c2ccccc2)CC1)C(O)c1cc(Cl)cc2cn[nH]c12. The van der Waals surface area contributed by atoms with Crippen molar-refractivity contribution in [1.82, 2.24) is 74.9 Å². The molecule has 5 saturated heterocycles. The molecule has 10 heterocycles. The first kappa shape index (κ1) is 101. The number of aliphatic hydroxyl groups excluding tert-OH is 5. The first-order valence-electron chi connectivity index (χ1n) is 47.3. The number of allylic oxidation sites excluding steroid dienone is 3. The zero-order valence-electron chi connectivity index (χ0n) is 79.4. The molecule has 0 bridgehead atoms. The summed E-state index contributed by atoms with van der Waals surface area (Å²) in [4.78, 5) is 22.1. The number of amides is 1. The minimum atomic E-state index is -3.49. The Bertz CT molecular complexity index is 6190. The molecule has 134 heavy (non-hydrogen) atoms. The number of nitrogens with zero attached hydrogens (tertiary/aromatic N) is 10. The van der Waals surface area contributed by atoms with E-state index >= 15 is 0 Å². The number of fused-ring (bicyclic) bond motifs is 5. The Morgan fingerprint density at radius 3 is 0.903 bits per heavy atom. The zero-order valence-corrected chi connectivity index (χ0v) is 84.0. The van der Waals surface area contributed by atoms with Gasteiger partial charge in [-0.05, 0) is 238 Å². The van der Waals surface area contributed by atoms with E-state index in [0.717, 1.165) is 197 Å². The molecule has 1 aliphatic carbocycles. The van der Waals surface area contributed by atoms with Crippen molar-refractivity contribution in [3.8, 4) is 0 Å². The van der Waals surface area contributed by atoms with Gasteiger partial charge in [-0.2, -0.15) is 29.8 Å². The number of carbonyl (C=O) groups excluding carboxylic acids is 1. The number of H-pyrrole nitrogens is 5. The van der Waals surface area contributed by atoms with Crippen LogP contribution < -0.4 is 0 Å². The maximum atomic E-state index is 12.9. The highest BCUT2D eigenvalue weighted by Crippen LogP contribution is 2.54. The Morgan fingerprint density at radius 2 is 0.634 bits per heavy atom. The molecule has 1 amide bonds. The van der Waals surface area contributed by atoms with Crippen molar-refractivity contribution < 1.29 is 38.7 Å². The van der Waals surface area contributed by atoms with Crippen molar-refractivity contribution >= 4 is 128 Å². The topological polar surface area (TPSA) is 312 Å². The van der Waals surface area contributed by atoms with Crippen molar-refractivity contribution in [3.05, 3.63) is 248 Å². The minimum absolute atomic E-state index is 0.0800. The Hall–Kier alpha value is -8.86. The molecular weight excluding hydrogens is 1810 g/mol. The first-order chi connectivity index (χ1) is 63.6. The standard InChI is InChI=1S/C23H26ClN3O2.C22H26ClN3O3S.C21H28ClN3O.C20H28ClN3O.C19H26ClN3O/c1-23(2,21(28)19-13-18(24)12-16-14-25-26-20(16)19)17-8-10-27(11-9-17)22(29)15-6-4-3-5-7-15;1-22(2,21(27)19-13-17(23)12-15-14-24-25-20(15)19)16-8-10-26(11-9-16)30(28,29)18-6-4-3-5-7-18;1-13(14-4-5-14)25-8-6-16(7-9-25)21(2,3)20(26)18-11-17(22)10-15-12-23-24-19(15)18;1-5-13(2)24-8-6-15(7-9-24)20(3,4)19(25)17-11-16(21)10-14-12-22-23-18(14)17;1-12(2)23-7-5-14(6-8-23)19(3,4)18(24)16-10-15(20)9-13-11-21-22-17(13)16/h3-7,12-14,17,21,28H,8-11H2,1-2H3,(H,25,26);3-7,12-14,16,21,27H,8-11H2,1-2H3,(H,24,25);10-12,14,16,20,26H,1,4-9H2,2-3H3,(H,23,24);10-12,15,19,25H,2,5-9H2,1,3-4H3,(H,22,23);9-11,14,18,24H,1,5-8H2,2-4H3,(H,21,22). The van der Waals surface area contributed by atoms with Crippen LogP contribution in [0.25, 0.3) is 54.5 Å². The lowest BCUT2D eigenvalue weighted by Crippen LogP contribution is -2.43. The van der Waals surface area contributed by atoms with Gasteiger partial charge in [0.25, 0.3) is 5.91 Å². The maximum Gasteiger partial charge on any atom is 0.253 e. The van der Waals surface area contributed by atoms with Gasteiger partial charge < -0.3 is 45.1 Å². The summed E-state index contributed by atoms with van der Waals surface area (Å²) < 4.78 is 27.4. The van der Waals surface area contributed by atoms with Gasteiger partial charge in [-0.3, -0.25) is 30.3 Å². The van der Waals surface area contributed by atoms with Crippen LogP contribution in [0, 0.1) is 62.6 Å². The molecule has 5 atom stereocenters. The Kier molecular flexibility index (Phi) is 31.8. The third-order valence-corrected chi connectivity index (χ3v) is 34.0. The molecular formula is C105H134Cl5N15O8S. The average molecular weight is 1940 g/mol. The van der Waals surface area contributed by atoms with E-state index in [0.29, 0.717) is 86.8 Å². The molecule has 5 aliphatic heterocycles. The number of likely N-dealkylation sites (tertiary alicyclic amines) is 4. The van der Waals surface area contributed by atoms with E-state index in [1.54, 1.807) is 65.6 Å². The molecule has 6 fully saturated rings. The van der Waals surface area contributed by atoms with Gasteiger partial charge in [0.1, 0.15) is 0 Å². The summed E-state index contributed by atoms with van der Waals surface area (Å²) in [7, 11) is -3.49. The summed E-state index contributed by atoms with van der Waals surface area (Å²) in [5.74, 6) is 2.60. The summed E-state index contributed by atoms with van der Waals surface area (Å²) >= 11 is 31.3. The summed E-state index contributed by atoms with van der Waals surface area (Å²) in [6.45, 7) is 46.4. The van der Waals surface area contributed by atoms with Crippen molar-refractivity contribution in [2.24, 2.45) is 62.6 Å². The number of rotatable bonds is 23. The number of carbonyl (C=O) groups is 1. The predicted molar refractivity (Wildman–Crippen MR) is 541 cm³/mol. The van der Waals surface area contributed by atoms with E-state index in [4.69, 9.17) is 58.0 Å². The molecule has 6 aliphatic rings. The fourth-order valence-corrected chi connectivity index (χ4v) is 24.0. The lowest BCUT2D eigenvalue weighted by Gasteiger charge is -2.44. The van der Waals surface area contributed by atoms with E-state index in [1.165, 1.54) is 24.2 Å². The molecule has 18 rings (SSSR count). The number of benzene rings is 7. The third-order valence-electron chi connectivity index (χ3n) is 31.0. The van der Waals surface area contributed by atoms with Crippen LogP contribution in [0.2, 0.25) is 25.1 Å². The number of halogens is 5. The van der Waals surface area contributed by atoms with Gasteiger partial charge in [0.2, 0.25) is 10.0 Å². The monoisotopic (exact) mass is 1940 g/mol. The lowest BCUT2D eigenvalue weighted by molar-refractivity contribution is -0.0165.